The predicted molar refractivity (Wildman–Crippen MR) is 50.4 cm³/mol. The maximum atomic E-state index is 9.72. The van der Waals surface area contributed by atoms with Gasteiger partial charge in [0.25, 0.3) is 0 Å². The Kier molecular flexibility index (Phi) is 2.31. The molecule has 0 aromatic carbocycles. The first kappa shape index (κ1) is 9.05. The number of aliphatic hydroxyl groups is 1. The zero-order valence-corrected chi connectivity index (χ0v) is 8.42. The van der Waals surface area contributed by atoms with Crippen molar-refractivity contribution in [1.82, 2.24) is 14.5 Å². The average molecular weight is 199 g/mol. The van der Waals surface area contributed by atoms with E-state index in [1.54, 1.807) is 0 Å². The van der Waals surface area contributed by atoms with Crippen molar-refractivity contribution in [3.05, 3.63) is 11.1 Å². The molecule has 1 N–H and O–H groups in total. The molecule has 72 valence electrons. The first-order chi connectivity index (χ1) is 6.16. The molecule has 0 spiro atoms. The number of hydrogen-bond donors (Lipinski definition) is 1. The summed E-state index contributed by atoms with van der Waals surface area (Å²) in [7, 11) is 0. The first-order valence-corrected chi connectivity index (χ1v) is 5.20. The summed E-state index contributed by atoms with van der Waals surface area (Å²) in [4.78, 5) is 2.21. The Morgan fingerprint density at radius 1 is 1.77 bits per heavy atom. The molecule has 1 aromatic rings. The normalized spacial score (nSPS) is 29.7. The van der Waals surface area contributed by atoms with E-state index >= 15 is 0 Å². The Morgan fingerprint density at radius 2 is 2.62 bits per heavy atom. The van der Waals surface area contributed by atoms with Gasteiger partial charge in [0.05, 0.1) is 11.3 Å². The Balaban J connectivity index is 1.91. The fraction of sp³-hybridized carbons (Fsp3) is 0.750. The van der Waals surface area contributed by atoms with Crippen molar-refractivity contribution < 1.29 is 5.11 Å². The lowest BCUT2D eigenvalue weighted by atomic mass is 10.1. The van der Waals surface area contributed by atoms with Crippen LogP contribution >= 0.6 is 11.5 Å². The number of nitrogens with zero attached hydrogens (tertiary/aromatic N) is 3. The molecule has 5 heteroatoms. The molecule has 1 fully saturated rings. The zero-order valence-electron chi connectivity index (χ0n) is 7.60. The third-order valence-corrected chi connectivity index (χ3v) is 2.88. The molecule has 1 unspecified atom stereocenters. The number of hydrogen-bond acceptors (Lipinski definition) is 5. The molecule has 2 rings (SSSR count). The van der Waals surface area contributed by atoms with E-state index in [2.05, 4.69) is 14.5 Å². The van der Waals surface area contributed by atoms with Gasteiger partial charge in [-0.05, 0) is 24.9 Å². The molecule has 1 aliphatic rings. The van der Waals surface area contributed by atoms with Crippen LogP contribution < -0.4 is 0 Å². The molecule has 0 aliphatic carbocycles. The van der Waals surface area contributed by atoms with E-state index < -0.39 is 5.60 Å². The molecule has 1 atom stereocenters. The summed E-state index contributed by atoms with van der Waals surface area (Å²) in [6.07, 6.45) is 0.852. The van der Waals surface area contributed by atoms with Gasteiger partial charge in [0.1, 0.15) is 0 Å². The third-order valence-electron chi connectivity index (χ3n) is 2.32. The number of likely N-dealkylation sites (tertiary alicyclic amines) is 1. The Morgan fingerprint density at radius 3 is 3.15 bits per heavy atom. The van der Waals surface area contributed by atoms with E-state index in [4.69, 9.17) is 0 Å². The molecular weight excluding hydrogens is 186 g/mol. The van der Waals surface area contributed by atoms with E-state index in [-0.39, 0.29) is 0 Å². The molecule has 0 amide bonds. The summed E-state index contributed by atoms with van der Waals surface area (Å²) in [6, 6.07) is 0. The van der Waals surface area contributed by atoms with Crippen LogP contribution in [0, 0.1) is 0 Å². The summed E-state index contributed by atoms with van der Waals surface area (Å²) in [5, 5.41) is 15.6. The fourth-order valence-electron chi connectivity index (χ4n) is 1.66. The Hall–Kier alpha value is -0.520. The molecule has 2 heterocycles. The lowest BCUT2D eigenvalue weighted by Gasteiger charge is -2.17. The van der Waals surface area contributed by atoms with Crippen LogP contribution in [0.15, 0.2) is 5.38 Å². The van der Waals surface area contributed by atoms with Gasteiger partial charge in [-0.3, -0.25) is 4.90 Å². The van der Waals surface area contributed by atoms with Crippen LogP contribution in [0.3, 0.4) is 0 Å². The maximum Gasteiger partial charge on any atom is 0.0895 e. The van der Waals surface area contributed by atoms with Gasteiger partial charge in [0, 0.05) is 25.0 Å². The second-order valence-electron chi connectivity index (χ2n) is 3.85. The van der Waals surface area contributed by atoms with Gasteiger partial charge in [0.15, 0.2) is 0 Å². The highest BCUT2D eigenvalue weighted by Crippen LogP contribution is 2.21. The molecule has 0 radical (unpaired) electrons. The van der Waals surface area contributed by atoms with Crippen LogP contribution in [0.1, 0.15) is 19.0 Å². The fourth-order valence-corrected chi connectivity index (χ4v) is 2.10. The first-order valence-electron chi connectivity index (χ1n) is 4.36. The van der Waals surface area contributed by atoms with Crippen molar-refractivity contribution in [2.24, 2.45) is 0 Å². The van der Waals surface area contributed by atoms with Crippen LogP contribution in [0.2, 0.25) is 0 Å². The summed E-state index contributed by atoms with van der Waals surface area (Å²) < 4.78 is 3.80. The number of rotatable bonds is 2. The molecule has 1 aliphatic heterocycles. The standard InChI is InChI=1S/C8H13N3OS/c1-8(12)2-3-11(6-8)4-7-5-13-10-9-7/h5,12H,2-4,6H2,1H3. The van der Waals surface area contributed by atoms with Gasteiger partial charge in [-0.15, -0.1) is 5.10 Å². The molecular formula is C8H13N3OS. The maximum absolute atomic E-state index is 9.72. The minimum absolute atomic E-state index is 0.510. The van der Waals surface area contributed by atoms with E-state index in [1.807, 2.05) is 12.3 Å². The smallest absolute Gasteiger partial charge is 0.0895 e. The van der Waals surface area contributed by atoms with Crippen molar-refractivity contribution in [1.29, 1.82) is 0 Å². The van der Waals surface area contributed by atoms with E-state index in [0.717, 1.165) is 31.7 Å². The second-order valence-corrected chi connectivity index (χ2v) is 4.46. The van der Waals surface area contributed by atoms with Crippen molar-refractivity contribution in [2.45, 2.75) is 25.5 Å². The highest BCUT2D eigenvalue weighted by molar-refractivity contribution is 7.03. The van der Waals surface area contributed by atoms with Gasteiger partial charge in [-0.25, -0.2) is 0 Å². The van der Waals surface area contributed by atoms with Gasteiger partial charge in [-0.1, -0.05) is 4.49 Å². The molecule has 13 heavy (non-hydrogen) atoms. The molecule has 1 saturated heterocycles. The predicted octanol–water partition coefficient (Wildman–Crippen LogP) is 0.495. The van der Waals surface area contributed by atoms with Crippen molar-refractivity contribution in [3.63, 3.8) is 0 Å². The van der Waals surface area contributed by atoms with Crippen LogP contribution in [0.25, 0.3) is 0 Å². The molecule has 4 nitrogen and oxygen atoms in total. The summed E-state index contributed by atoms with van der Waals surface area (Å²) in [5.74, 6) is 0. The Bertz CT molecular complexity index is 273. The van der Waals surface area contributed by atoms with Crippen LogP contribution in [-0.2, 0) is 6.54 Å². The molecule has 1 aromatic heterocycles. The van der Waals surface area contributed by atoms with Gasteiger partial charge in [-0.2, -0.15) is 0 Å². The lowest BCUT2D eigenvalue weighted by molar-refractivity contribution is 0.0677. The number of β-amino-alcohol motifs (C(OH)–C–C–N with tert-alkyl or cyclic N) is 1. The van der Waals surface area contributed by atoms with Crippen LogP contribution in [-0.4, -0.2) is 38.3 Å². The highest BCUT2D eigenvalue weighted by Gasteiger charge is 2.31. The summed E-state index contributed by atoms with van der Waals surface area (Å²) in [6.45, 7) is 4.38. The quantitative estimate of drug-likeness (QED) is 0.753. The monoisotopic (exact) mass is 199 g/mol. The number of aromatic nitrogens is 2. The van der Waals surface area contributed by atoms with E-state index in [0.29, 0.717) is 0 Å². The molecule has 0 saturated carbocycles. The van der Waals surface area contributed by atoms with Crippen molar-refractivity contribution in [3.8, 4) is 0 Å². The summed E-state index contributed by atoms with van der Waals surface area (Å²) >= 11 is 1.37. The minimum atomic E-state index is -0.510. The Labute approximate surface area is 81.4 Å². The highest BCUT2D eigenvalue weighted by atomic mass is 32.1. The van der Waals surface area contributed by atoms with Crippen LogP contribution in [0.5, 0.6) is 0 Å². The largest absolute Gasteiger partial charge is 0.389 e. The third kappa shape index (κ3) is 2.24. The van der Waals surface area contributed by atoms with Crippen molar-refractivity contribution >= 4 is 11.5 Å². The summed E-state index contributed by atoms with van der Waals surface area (Å²) in [5.41, 5.74) is 0.492. The van der Waals surface area contributed by atoms with E-state index in [1.165, 1.54) is 11.5 Å². The van der Waals surface area contributed by atoms with Crippen molar-refractivity contribution in [2.75, 3.05) is 13.1 Å². The molecule has 0 bridgehead atoms. The van der Waals surface area contributed by atoms with E-state index in [9.17, 15) is 5.11 Å². The zero-order chi connectivity index (χ0) is 9.31. The average Bonchev–Trinajstić information content (AvgIpc) is 2.61. The lowest BCUT2D eigenvalue weighted by Crippen LogP contribution is -2.29. The SMILES string of the molecule is CC1(O)CCN(Cc2csnn2)C1. The van der Waals surface area contributed by atoms with Gasteiger partial charge < -0.3 is 5.11 Å². The van der Waals surface area contributed by atoms with Crippen LogP contribution in [0.4, 0.5) is 0 Å². The van der Waals surface area contributed by atoms with Gasteiger partial charge >= 0.3 is 0 Å². The van der Waals surface area contributed by atoms with Gasteiger partial charge in [0.2, 0.25) is 0 Å². The second kappa shape index (κ2) is 3.32. The minimum Gasteiger partial charge on any atom is -0.389 e. The topological polar surface area (TPSA) is 49.2 Å².